The monoisotopic (exact) mass is 428 g/mol. The normalized spacial score (nSPS) is 14.8. The average Bonchev–Trinajstić information content (AvgIpc) is 3.18. The molecule has 0 bridgehead atoms. The van der Waals surface area contributed by atoms with E-state index in [1.165, 1.54) is 5.69 Å². The Bertz CT molecular complexity index is 1180. The molecule has 0 atom stereocenters. The highest BCUT2D eigenvalue weighted by Crippen LogP contribution is 2.25. The lowest BCUT2D eigenvalue weighted by molar-refractivity contribution is 0.313. The van der Waals surface area contributed by atoms with Crippen LogP contribution in [0.25, 0.3) is 16.9 Å². The van der Waals surface area contributed by atoms with Gasteiger partial charge in [-0.2, -0.15) is 4.98 Å². The summed E-state index contributed by atoms with van der Waals surface area (Å²) < 4.78 is 2.12. The lowest BCUT2D eigenvalue weighted by atomic mass is 10.2. The molecular weight excluding hydrogens is 400 g/mol. The zero-order valence-electron chi connectivity index (χ0n) is 18.6. The van der Waals surface area contributed by atoms with Gasteiger partial charge in [0.1, 0.15) is 11.6 Å². The third kappa shape index (κ3) is 4.13. The Morgan fingerprint density at radius 3 is 2.56 bits per heavy atom. The quantitative estimate of drug-likeness (QED) is 0.502. The lowest BCUT2D eigenvalue weighted by Crippen LogP contribution is -2.44. The SMILES string of the molecule is CCCc1cc2cnc(Nc3ccc(N4CCN(C)CC4)cn3)nc2n1-c1ccccn1. The van der Waals surface area contributed by atoms with Crippen LogP contribution in [0.3, 0.4) is 0 Å². The highest BCUT2D eigenvalue weighted by Gasteiger charge is 2.16. The molecule has 8 heteroatoms. The van der Waals surface area contributed by atoms with Crippen LogP contribution >= 0.6 is 0 Å². The van der Waals surface area contributed by atoms with Crippen molar-refractivity contribution in [3.05, 3.63) is 60.7 Å². The van der Waals surface area contributed by atoms with Gasteiger partial charge in [-0.1, -0.05) is 19.4 Å². The number of rotatable bonds is 6. The molecule has 0 saturated carbocycles. The maximum Gasteiger partial charge on any atom is 0.230 e. The van der Waals surface area contributed by atoms with E-state index >= 15 is 0 Å². The first kappa shape index (κ1) is 20.4. The fraction of sp³-hybridized carbons (Fsp3) is 0.333. The Kier molecular flexibility index (Phi) is 5.68. The Balaban J connectivity index is 1.41. The largest absolute Gasteiger partial charge is 0.368 e. The summed E-state index contributed by atoms with van der Waals surface area (Å²) in [6.07, 6.45) is 7.59. The number of aromatic nitrogens is 5. The molecule has 0 aromatic carbocycles. The summed E-state index contributed by atoms with van der Waals surface area (Å²) in [6, 6.07) is 12.2. The van der Waals surface area contributed by atoms with Gasteiger partial charge in [0, 0.05) is 49.7 Å². The van der Waals surface area contributed by atoms with E-state index in [2.05, 4.69) is 60.7 Å². The predicted octanol–water partition coefficient (Wildman–Crippen LogP) is 3.66. The van der Waals surface area contributed by atoms with E-state index < -0.39 is 0 Å². The standard InChI is InChI=1S/C24H28N8/c1-3-6-19-15-18-16-27-24(29-23(18)32(19)22-7-4-5-10-25-22)28-21-9-8-20(17-26-21)31-13-11-30(2)12-14-31/h4-5,7-10,15-17H,3,6,11-14H2,1-2H3,(H,26,27,28,29). The van der Waals surface area contributed by atoms with Crippen molar-refractivity contribution in [3.8, 4) is 5.82 Å². The molecule has 0 amide bonds. The van der Waals surface area contributed by atoms with Gasteiger partial charge in [0.25, 0.3) is 0 Å². The Hall–Kier alpha value is -3.52. The van der Waals surface area contributed by atoms with E-state index in [9.17, 15) is 0 Å². The van der Waals surface area contributed by atoms with Crippen LogP contribution in [-0.4, -0.2) is 62.6 Å². The zero-order valence-corrected chi connectivity index (χ0v) is 18.6. The highest BCUT2D eigenvalue weighted by atomic mass is 15.3. The number of pyridine rings is 2. The summed E-state index contributed by atoms with van der Waals surface area (Å²) in [6.45, 7) is 6.37. The molecule has 1 saturated heterocycles. The van der Waals surface area contributed by atoms with Crippen molar-refractivity contribution in [2.75, 3.05) is 43.4 Å². The third-order valence-corrected chi connectivity index (χ3v) is 5.86. The van der Waals surface area contributed by atoms with Crippen LogP contribution in [0.4, 0.5) is 17.5 Å². The summed E-state index contributed by atoms with van der Waals surface area (Å²) in [4.78, 5) is 23.2. The maximum absolute atomic E-state index is 4.82. The molecule has 5 rings (SSSR count). The van der Waals surface area contributed by atoms with Crippen LogP contribution in [-0.2, 0) is 6.42 Å². The third-order valence-electron chi connectivity index (χ3n) is 5.86. The summed E-state index contributed by atoms with van der Waals surface area (Å²) >= 11 is 0. The Labute approximate surface area is 188 Å². The van der Waals surface area contributed by atoms with E-state index in [0.717, 1.165) is 67.4 Å². The fourth-order valence-corrected chi connectivity index (χ4v) is 4.11. The highest BCUT2D eigenvalue weighted by molar-refractivity contribution is 5.80. The maximum atomic E-state index is 4.82. The van der Waals surface area contributed by atoms with Gasteiger partial charge in [-0.15, -0.1) is 0 Å². The molecule has 0 spiro atoms. The first-order chi connectivity index (χ1) is 15.7. The van der Waals surface area contributed by atoms with E-state index in [1.807, 2.05) is 42.9 Å². The second kappa shape index (κ2) is 8.92. The van der Waals surface area contributed by atoms with Crippen LogP contribution in [0.5, 0.6) is 0 Å². The summed E-state index contributed by atoms with van der Waals surface area (Å²) in [5, 5.41) is 4.26. The second-order valence-electron chi connectivity index (χ2n) is 8.20. The number of hydrogen-bond donors (Lipinski definition) is 1. The molecule has 5 heterocycles. The minimum Gasteiger partial charge on any atom is -0.368 e. The minimum absolute atomic E-state index is 0.524. The molecule has 4 aromatic heterocycles. The zero-order chi connectivity index (χ0) is 21.9. The topological polar surface area (TPSA) is 75.0 Å². The van der Waals surface area contributed by atoms with Crippen molar-refractivity contribution in [2.24, 2.45) is 0 Å². The molecule has 0 radical (unpaired) electrons. The summed E-state index contributed by atoms with van der Waals surface area (Å²) in [5.41, 5.74) is 3.18. The smallest absolute Gasteiger partial charge is 0.230 e. The number of nitrogens with zero attached hydrogens (tertiary/aromatic N) is 7. The van der Waals surface area contributed by atoms with Gasteiger partial charge in [-0.3, -0.25) is 4.57 Å². The number of likely N-dealkylation sites (N-methyl/N-ethyl adjacent to an activating group) is 1. The number of fused-ring (bicyclic) bond motifs is 1. The van der Waals surface area contributed by atoms with Gasteiger partial charge in [-0.05, 0) is 43.8 Å². The molecule has 1 N–H and O–H groups in total. The van der Waals surface area contributed by atoms with Crippen LogP contribution in [0.15, 0.2) is 55.0 Å². The summed E-state index contributed by atoms with van der Waals surface area (Å²) in [5.74, 6) is 2.12. The fourth-order valence-electron chi connectivity index (χ4n) is 4.11. The number of anilines is 3. The van der Waals surface area contributed by atoms with Gasteiger partial charge in [0.2, 0.25) is 5.95 Å². The number of hydrogen-bond acceptors (Lipinski definition) is 7. The van der Waals surface area contributed by atoms with Crippen molar-refractivity contribution in [3.63, 3.8) is 0 Å². The van der Waals surface area contributed by atoms with Crippen molar-refractivity contribution < 1.29 is 0 Å². The van der Waals surface area contributed by atoms with Crippen molar-refractivity contribution in [1.29, 1.82) is 0 Å². The van der Waals surface area contributed by atoms with Crippen LogP contribution in [0.2, 0.25) is 0 Å². The molecule has 164 valence electrons. The summed E-state index contributed by atoms with van der Waals surface area (Å²) in [7, 11) is 2.16. The van der Waals surface area contributed by atoms with E-state index in [0.29, 0.717) is 5.95 Å². The van der Waals surface area contributed by atoms with Crippen molar-refractivity contribution >= 4 is 28.5 Å². The first-order valence-corrected chi connectivity index (χ1v) is 11.2. The Morgan fingerprint density at radius 2 is 1.84 bits per heavy atom. The molecule has 32 heavy (non-hydrogen) atoms. The second-order valence-corrected chi connectivity index (χ2v) is 8.20. The number of aryl methyl sites for hydroxylation is 1. The minimum atomic E-state index is 0.524. The molecule has 1 fully saturated rings. The van der Waals surface area contributed by atoms with Gasteiger partial charge >= 0.3 is 0 Å². The molecule has 8 nitrogen and oxygen atoms in total. The van der Waals surface area contributed by atoms with Gasteiger partial charge in [0.15, 0.2) is 5.65 Å². The molecule has 4 aromatic rings. The van der Waals surface area contributed by atoms with Crippen LogP contribution in [0, 0.1) is 0 Å². The number of piperazine rings is 1. The van der Waals surface area contributed by atoms with Crippen molar-refractivity contribution in [1.82, 2.24) is 29.4 Å². The average molecular weight is 429 g/mol. The van der Waals surface area contributed by atoms with Gasteiger partial charge in [0.05, 0.1) is 11.9 Å². The van der Waals surface area contributed by atoms with Crippen LogP contribution in [0.1, 0.15) is 19.0 Å². The van der Waals surface area contributed by atoms with E-state index in [-0.39, 0.29) is 0 Å². The van der Waals surface area contributed by atoms with Crippen molar-refractivity contribution in [2.45, 2.75) is 19.8 Å². The molecule has 0 unspecified atom stereocenters. The molecule has 0 aliphatic carbocycles. The van der Waals surface area contributed by atoms with Gasteiger partial charge in [-0.25, -0.2) is 15.0 Å². The van der Waals surface area contributed by atoms with E-state index in [4.69, 9.17) is 4.98 Å². The molecule has 1 aliphatic rings. The van der Waals surface area contributed by atoms with E-state index in [1.54, 1.807) is 0 Å². The molecular formula is C24H28N8. The van der Waals surface area contributed by atoms with Crippen LogP contribution < -0.4 is 10.2 Å². The Morgan fingerprint density at radius 1 is 0.969 bits per heavy atom. The molecule has 1 aliphatic heterocycles. The predicted molar refractivity (Wildman–Crippen MR) is 128 cm³/mol. The number of nitrogens with one attached hydrogen (secondary N) is 1. The lowest BCUT2D eigenvalue weighted by Gasteiger charge is -2.33. The van der Waals surface area contributed by atoms with Gasteiger partial charge < -0.3 is 15.1 Å². The first-order valence-electron chi connectivity index (χ1n) is 11.2.